The number of amides is 1. The highest BCUT2D eigenvalue weighted by Gasteiger charge is 2.35. The summed E-state index contributed by atoms with van der Waals surface area (Å²) in [6.45, 7) is 2.92. The van der Waals surface area contributed by atoms with Gasteiger partial charge in [-0.25, -0.2) is 18.7 Å². The fraction of sp³-hybridized carbons (Fsp3) is 0.280. The van der Waals surface area contributed by atoms with E-state index in [1.807, 2.05) is 0 Å². The number of hydrogen-bond donors (Lipinski definition) is 1. The van der Waals surface area contributed by atoms with Gasteiger partial charge >= 0.3 is 0 Å². The molecule has 4 aromatic rings. The van der Waals surface area contributed by atoms with Crippen LogP contribution in [0.3, 0.4) is 0 Å². The summed E-state index contributed by atoms with van der Waals surface area (Å²) < 4.78 is 34.1. The number of benzene rings is 2. The first kappa shape index (κ1) is 21.9. The molecule has 1 amide bonds. The van der Waals surface area contributed by atoms with Crippen LogP contribution in [-0.2, 0) is 0 Å². The average molecular weight is 463 g/mol. The molecule has 0 spiro atoms. The molecule has 0 unspecified atom stereocenters. The Morgan fingerprint density at radius 1 is 1.18 bits per heavy atom. The van der Waals surface area contributed by atoms with E-state index in [1.165, 1.54) is 18.2 Å². The number of piperidine rings is 1. The predicted molar refractivity (Wildman–Crippen MR) is 123 cm³/mol. The number of rotatable bonds is 5. The summed E-state index contributed by atoms with van der Waals surface area (Å²) in [7, 11) is 0. The molecular formula is C25H23F2N5O2. The van der Waals surface area contributed by atoms with Gasteiger partial charge < -0.3 is 14.6 Å². The molecule has 1 fully saturated rings. The number of fused-ring (bicyclic) bond motifs is 1. The van der Waals surface area contributed by atoms with Crippen LogP contribution in [0, 0.1) is 17.6 Å². The third-order valence-electron chi connectivity index (χ3n) is 6.22. The number of halogens is 2. The Hall–Kier alpha value is -3.88. The van der Waals surface area contributed by atoms with Crippen molar-refractivity contribution in [2.45, 2.75) is 25.8 Å². The van der Waals surface area contributed by atoms with Gasteiger partial charge in [0.15, 0.2) is 11.4 Å². The first-order valence-electron chi connectivity index (χ1n) is 11.2. The van der Waals surface area contributed by atoms with Crippen LogP contribution in [0.4, 0.5) is 14.8 Å². The van der Waals surface area contributed by atoms with Crippen LogP contribution in [0.25, 0.3) is 22.5 Å². The molecule has 1 saturated heterocycles. The molecule has 34 heavy (non-hydrogen) atoms. The van der Waals surface area contributed by atoms with E-state index < -0.39 is 17.5 Å². The fourth-order valence-corrected chi connectivity index (χ4v) is 4.49. The number of aromatic nitrogens is 3. The Morgan fingerprint density at radius 3 is 2.82 bits per heavy atom. The minimum Gasteiger partial charge on any atom is -0.423 e. The number of carbonyl (C=O) groups excluding carboxylic acids is 1. The fourth-order valence-electron chi connectivity index (χ4n) is 4.49. The van der Waals surface area contributed by atoms with Crippen molar-refractivity contribution in [3.63, 3.8) is 0 Å². The van der Waals surface area contributed by atoms with Gasteiger partial charge in [-0.05, 0) is 43.0 Å². The zero-order valence-corrected chi connectivity index (χ0v) is 18.5. The van der Waals surface area contributed by atoms with Gasteiger partial charge in [-0.3, -0.25) is 4.79 Å². The summed E-state index contributed by atoms with van der Waals surface area (Å²) >= 11 is 0. The Balaban J connectivity index is 1.42. The third-order valence-corrected chi connectivity index (χ3v) is 6.22. The first-order valence-corrected chi connectivity index (χ1v) is 11.2. The van der Waals surface area contributed by atoms with E-state index in [-0.39, 0.29) is 23.5 Å². The Kier molecular flexibility index (Phi) is 5.91. The molecule has 1 aliphatic rings. The molecule has 9 heteroatoms. The quantitative estimate of drug-likeness (QED) is 0.453. The van der Waals surface area contributed by atoms with Crippen LogP contribution < -0.4 is 5.32 Å². The van der Waals surface area contributed by atoms with Crippen molar-refractivity contribution in [2.75, 3.05) is 18.4 Å². The van der Waals surface area contributed by atoms with Crippen molar-refractivity contribution in [1.82, 2.24) is 19.9 Å². The van der Waals surface area contributed by atoms with Crippen molar-refractivity contribution < 1.29 is 18.0 Å². The van der Waals surface area contributed by atoms with Crippen molar-refractivity contribution in [3.8, 4) is 11.4 Å². The van der Waals surface area contributed by atoms with Gasteiger partial charge in [0, 0.05) is 37.1 Å². The summed E-state index contributed by atoms with van der Waals surface area (Å²) in [6.07, 6.45) is 4.87. The number of likely N-dealkylation sites (tertiary alicyclic amines) is 1. The van der Waals surface area contributed by atoms with Crippen molar-refractivity contribution in [1.29, 1.82) is 0 Å². The number of nitrogens with one attached hydrogen (secondary N) is 1. The molecule has 174 valence electrons. The Labute approximate surface area is 194 Å². The summed E-state index contributed by atoms with van der Waals surface area (Å²) in [5.74, 6) is -0.964. The lowest BCUT2D eigenvalue weighted by atomic mass is 9.89. The van der Waals surface area contributed by atoms with Gasteiger partial charge in [0.1, 0.15) is 17.2 Å². The van der Waals surface area contributed by atoms with E-state index in [0.717, 1.165) is 12.8 Å². The molecule has 2 aromatic carbocycles. The van der Waals surface area contributed by atoms with Crippen LogP contribution in [0.15, 0.2) is 59.3 Å². The maximum atomic E-state index is 15.0. The molecule has 2 aromatic heterocycles. The lowest BCUT2D eigenvalue weighted by Gasteiger charge is -2.40. The van der Waals surface area contributed by atoms with Crippen LogP contribution in [-0.4, -0.2) is 44.9 Å². The van der Waals surface area contributed by atoms with E-state index >= 15 is 0 Å². The Bertz CT molecular complexity index is 1330. The van der Waals surface area contributed by atoms with Crippen LogP contribution in [0.1, 0.15) is 30.1 Å². The maximum Gasteiger partial charge on any atom is 0.295 e. The van der Waals surface area contributed by atoms with Crippen LogP contribution >= 0.6 is 0 Å². The summed E-state index contributed by atoms with van der Waals surface area (Å²) in [5, 5.41) is 3.14. The number of carbonyl (C=O) groups is 1. The van der Waals surface area contributed by atoms with Gasteiger partial charge in [-0.15, -0.1) is 0 Å². The first-order chi connectivity index (χ1) is 16.5. The van der Waals surface area contributed by atoms with E-state index in [9.17, 15) is 13.6 Å². The number of nitrogens with zero attached hydrogens (tertiary/aromatic N) is 4. The van der Waals surface area contributed by atoms with Crippen LogP contribution in [0.5, 0.6) is 0 Å². The molecule has 0 aliphatic carbocycles. The molecule has 3 heterocycles. The average Bonchev–Trinajstić information content (AvgIpc) is 3.25. The highest BCUT2D eigenvalue weighted by molar-refractivity contribution is 6.00. The SMILES string of the molecule is C[C@@H]1CCCN(C(=O)c2c(F)cccc2-c2ncccn2)[C@@H]1CNc1nc2ccc(F)cc2o1. The van der Waals surface area contributed by atoms with E-state index in [0.29, 0.717) is 35.6 Å². The third kappa shape index (κ3) is 4.21. The molecule has 5 rings (SSSR count). The van der Waals surface area contributed by atoms with Gasteiger partial charge in [-0.2, -0.15) is 4.98 Å². The lowest BCUT2D eigenvalue weighted by Crippen LogP contribution is -2.51. The summed E-state index contributed by atoms with van der Waals surface area (Å²) in [6, 6.07) is 10.3. The van der Waals surface area contributed by atoms with Crippen molar-refractivity contribution in [2.24, 2.45) is 5.92 Å². The predicted octanol–water partition coefficient (Wildman–Crippen LogP) is 4.92. The van der Waals surface area contributed by atoms with E-state index in [1.54, 1.807) is 41.6 Å². The summed E-state index contributed by atoms with van der Waals surface area (Å²) in [4.78, 5) is 28.1. The monoisotopic (exact) mass is 463 g/mol. The van der Waals surface area contributed by atoms with E-state index in [2.05, 4.69) is 27.2 Å². The molecule has 0 bridgehead atoms. The molecule has 0 radical (unpaired) electrons. The second kappa shape index (κ2) is 9.17. The summed E-state index contributed by atoms with van der Waals surface area (Å²) in [5.41, 5.74) is 1.19. The molecule has 1 aliphatic heterocycles. The van der Waals surface area contributed by atoms with Gasteiger partial charge in [0.2, 0.25) is 0 Å². The lowest BCUT2D eigenvalue weighted by molar-refractivity contribution is 0.0535. The second-order valence-corrected chi connectivity index (χ2v) is 8.43. The molecule has 2 atom stereocenters. The van der Waals surface area contributed by atoms with Gasteiger partial charge in [0.25, 0.3) is 11.9 Å². The van der Waals surface area contributed by atoms with Crippen molar-refractivity contribution in [3.05, 3.63) is 72.1 Å². The number of anilines is 1. The molecule has 0 saturated carbocycles. The largest absolute Gasteiger partial charge is 0.423 e. The zero-order chi connectivity index (χ0) is 23.7. The maximum absolute atomic E-state index is 15.0. The van der Waals surface area contributed by atoms with Gasteiger partial charge in [-0.1, -0.05) is 19.1 Å². The minimum absolute atomic E-state index is 0.0369. The van der Waals surface area contributed by atoms with Crippen molar-refractivity contribution >= 4 is 23.0 Å². The Morgan fingerprint density at radius 2 is 2.00 bits per heavy atom. The van der Waals surface area contributed by atoms with Crippen LogP contribution in [0.2, 0.25) is 0 Å². The highest BCUT2D eigenvalue weighted by atomic mass is 19.1. The molecule has 1 N–H and O–H groups in total. The zero-order valence-electron chi connectivity index (χ0n) is 18.5. The topological polar surface area (TPSA) is 84.2 Å². The molecule has 7 nitrogen and oxygen atoms in total. The number of oxazole rings is 1. The highest BCUT2D eigenvalue weighted by Crippen LogP contribution is 2.30. The smallest absolute Gasteiger partial charge is 0.295 e. The second-order valence-electron chi connectivity index (χ2n) is 8.43. The van der Waals surface area contributed by atoms with E-state index in [4.69, 9.17) is 4.42 Å². The standard InChI is InChI=1S/C25H23F2N5O2/c1-15-5-3-12-32(20(15)14-30-25-31-19-9-8-16(26)13-21(19)34-25)24(33)22-17(6-2-7-18(22)27)23-28-10-4-11-29-23/h2,4,6-11,13,15,20H,3,5,12,14H2,1H3,(H,30,31)/t15-,20-/m1/s1. The van der Waals surface area contributed by atoms with Gasteiger partial charge in [0.05, 0.1) is 11.6 Å². The normalized spacial score (nSPS) is 18.3. The molecular weight excluding hydrogens is 440 g/mol. The minimum atomic E-state index is -0.610. The number of hydrogen-bond acceptors (Lipinski definition) is 6.